The van der Waals surface area contributed by atoms with E-state index in [0.29, 0.717) is 11.3 Å². The molecule has 1 N–H and O–H groups in total. The molecule has 0 saturated carbocycles. The largest absolute Gasteiger partial charge is 0.491 e. The van der Waals surface area contributed by atoms with Gasteiger partial charge in [0, 0.05) is 12.7 Å². The number of carbonyl (C=O) groups excluding carboxylic acids is 1. The molecule has 0 aliphatic rings. The number of aliphatic hydroxyl groups excluding tert-OH is 1. The van der Waals surface area contributed by atoms with E-state index in [1.807, 2.05) is 0 Å². The zero-order valence-corrected chi connectivity index (χ0v) is 9.47. The van der Waals surface area contributed by atoms with E-state index in [1.165, 1.54) is 14.0 Å². The van der Waals surface area contributed by atoms with Crippen molar-refractivity contribution in [2.24, 2.45) is 0 Å². The molecule has 0 aromatic heterocycles. The van der Waals surface area contributed by atoms with Gasteiger partial charge in [-0.2, -0.15) is 0 Å². The van der Waals surface area contributed by atoms with Crippen molar-refractivity contribution < 1.29 is 19.4 Å². The standard InChI is InChI=1S/C12H16O4/c1-9(13)10-4-3-5-12(6-10)16-8-11(14)7-15-2/h3-6,11,14H,7-8H2,1-2H3. The molecule has 0 heterocycles. The summed E-state index contributed by atoms with van der Waals surface area (Å²) < 4.78 is 10.1. The molecule has 16 heavy (non-hydrogen) atoms. The van der Waals surface area contributed by atoms with Gasteiger partial charge in [0.2, 0.25) is 0 Å². The second kappa shape index (κ2) is 6.25. The molecule has 1 atom stereocenters. The van der Waals surface area contributed by atoms with Crippen LogP contribution in [-0.4, -0.2) is 37.3 Å². The van der Waals surface area contributed by atoms with Crippen LogP contribution in [0.25, 0.3) is 0 Å². The first kappa shape index (κ1) is 12.7. The van der Waals surface area contributed by atoms with Crippen molar-refractivity contribution in [3.05, 3.63) is 29.8 Å². The number of hydrogen-bond donors (Lipinski definition) is 1. The van der Waals surface area contributed by atoms with Crippen LogP contribution in [0.4, 0.5) is 0 Å². The van der Waals surface area contributed by atoms with Gasteiger partial charge < -0.3 is 14.6 Å². The second-order valence-electron chi connectivity index (χ2n) is 3.50. The lowest BCUT2D eigenvalue weighted by Gasteiger charge is -2.11. The normalized spacial score (nSPS) is 12.2. The minimum absolute atomic E-state index is 0.0112. The van der Waals surface area contributed by atoms with Crippen molar-refractivity contribution in [1.82, 2.24) is 0 Å². The van der Waals surface area contributed by atoms with Crippen molar-refractivity contribution in [1.29, 1.82) is 0 Å². The monoisotopic (exact) mass is 224 g/mol. The van der Waals surface area contributed by atoms with Crippen LogP contribution >= 0.6 is 0 Å². The average molecular weight is 224 g/mol. The van der Waals surface area contributed by atoms with E-state index in [-0.39, 0.29) is 19.0 Å². The van der Waals surface area contributed by atoms with E-state index >= 15 is 0 Å². The quantitative estimate of drug-likeness (QED) is 0.739. The maximum Gasteiger partial charge on any atom is 0.159 e. The van der Waals surface area contributed by atoms with Gasteiger partial charge in [-0.25, -0.2) is 0 Å². The van der Waals surface area contributed by atoms with Gasteiger partial charge in [-0.1, -0.05) is 12.1 Å². The molecule has 1 unspecified atom stereocenters. The number of hydrogen-bond acceptors (Lipinski definition) is 4. The average Bonchev–Trinajstić information content (AvgIpc) is 2.27. The van der Waals surface area contributed by atoms with E-state index in [2.05, 4.69) is 0 Å². The molecule has 0 saturated heterocycles. The number of ether oxygens (including phenoxy) is 2. The molecule has 1 aromatic rings. The van der Waals surface area contributed by atoms with E-state index in [0.717, 1.165) is 0 Å². The predicted octanol–water partition coefficient (Wildman–Crippen LogP) is 1.28. The summed E-state index contributed by atoms with van der Waals surface area (Å²) in [4.78, 5) is 11.1. The summed E-state index contributed by atoms with van der Waals surface area (Å²) in [6, 6.07) is 6.86. The summed E-state index contributed by atoms with van der Waals surface area (Å²) in [5.74, 6) is 0.561. The molecule has 0 aliphatic heterocycles. The zero-order chi connectivity index (χ0) is 12.0. The van der Waals surface area contributed by atoms with Crippen molar-refractivity contribution in [3.63, 3.8) is 0 Å². The molecule has 4 nitrogen and oxygen atoms in total. The maximum absolute atomic E-state index is 11.1. The Hall–Kier alpha value is -1.39. The number of carbonyl (C=O) groups is 1. The molecule has 1 rings (SSSR count). The van der Waals surface area contributed by atoms with Crippen molar-refractivity contribution in [2.75, 3.05) is 20.3 Å². The summed E-state index contributed by atoms with van der Waals surface area (Å²) in [5.41, 5.74) is 0.596. The molecule has 0 spiro atoms. The number of rotatable bonds is 6. The summed E-state index contributed by atoms with van der Waals surface area (Å²) in [6.45, 7) is 1.88. The predicted molar refractivity (Wildman–Crippen MR) is 59.8 cm³/mol. The lowest BCUT2D eigenvalue weighted by molar-refractivity contribution is 0.0325. The molecule has 0 radical (unpaired) electrons. The van der Waals surface area contributed by atoms with Gasteiger partial charge in [-0.3, -0.25) is 4.79 Å². The summed E-state index contributed by atoms with van der Waals surface area (Å²) in [5, 5.41) is 9.37. The highest BCUT2D eigenvalue weighted by molar-refractivity contribution is 5.94. The molecule has 88 valence electrons. The van der Waals surface area contributed by atoms with Gasteiger partial charge in [0.1, 0.15) is 18.5 Å². The fourth-order valence-electron chi connectivity index (χ4n) is 1.24. The summed E-state index contributed by atoms with van der Waals surface area (Å²) in [7, 11) is 1.51. The fourth-order valence-corrected chi connectivity index (χ4v) is 1.24. The van der Waals surface area contributed by atoms with E-state index in [4.69, 9.17) is 9.47 Å². The lowest BCUT2D eigenvalue weighted by Crippen LogP contribution is -2.22. The Labute approximate surface area is 94.8 Å². The minimum atomic E-state index is -0.661. The van der Waals surface area contributed by atoms with Crippen LogP contribution in [0.1, 0.15) is 17.3 Å². The Bertz CT molecular complexity index is 349. The smallest absolute Gasteiger partial charge is 0.159 e. The fraction of sp³-hybridized carbons (Fsp3) is 0.417. The summed E-state index contributed by atoms with van der Waals surface area (Å²) >= 11 is 0. The third kappa shape index (κ3) is 4.00. The lowest BCUT2D eigenvalue weighted by atomic mass is 10.1. The van der Waals surface area contributed by atoms with Crippen molar-refractivity contribution in [3.8, 4) is 5.75 Å². The van der Waals surface area contributed by atoms with Gasteiger partial charge in [-0.15, -0.1) is 0 Å². The minimum Gasteiger partial charge on any atom is -0.491 e. The Balaban J connectivity index is 2.54. The highest BCUT2D eigenvalue weighted by Gasteiger charge is 2.05. The Kier molecular flexibility index (Phi) is 4.95. The third-order valence-corrected chi connectivity index (χ3v) is 2.04. The van der Waals surface area contributed by atoms with Crippen LogP contribution in [0.15, 0.2) is 24.3 Å². The van der Waals surface area contributed by atoms with Crippen LogP contribution in [0.5, 0.6) is 5.75 Å². The number of Topliss-reactive ketones (excluding diaryl/α,β-unsaturated/α-hetero) is 1. The molecule has 0 amide bonds. The van der Waals surface area contributed by atoms with Gasteiger partial charge >= 0.3 is 0 Å². The summed E-state index contributed by atoms with van der Waals surface area (Å²) in [6.07, 6.45) is -0.661. The Morgan fingerprint density at radius 1 is 1.44 bits per heavy atom. The third-order valence-electron chi connectivity index (χ3n) is 2.04. The first-order valence-electron chi connectivity index (χ1n) is 5.04. The van der Waals surface area contributed by atoms with Crippen molar-refractivity contribution >= 4 is 5.78 Å². The Morgan fingerprint density at radius 3 is 2.81 bits per heavy atom. The van der Waals surface area contributed by atoms with Crippen LogP contribution in [0.2, 0.25) is 0 Å². The maximum atomic E-state index is 11.1. The van der Waals surface area contributed by atoms with Crippen LogP contribution < -0.4 is 4.74 Å². The highest BCUT2D eigenvalue weighted by Crippen LogP contribution is 2.13. The molecule has 1 aromatic carbocycles. The number of aliphatic hydroxyl groups is 1. The highest BCUT2D eigenvalue weighted by atomic mass is 16.5. The van der Waals surface area contributed by atoms with Crippen LogP contribution in [0, 0.1) is 0 Å². The molecule has 0 aliphatic carbocycles. The molecular weight excluding hydrogens is 208 g/mol. The van der Waals surface area contributed by atoms with E-state index in [1.54, 1.807) is 24.3 Å². The molecule has 4 heteroatoms. The van der Waals surface area contributed by atoms with Gasteiger partial charge in [-0.05, 0) is 19.1 Å². The zero-order valence-electron chi connectivity index (χ0n) is 9.47. The van der Waals surface area contributed by atoms with Gasteiger partial charge in [0.05, 0.1) is 6.61 Å². The Morgan fingerprint density at radius 2 is 2.19 bits per heavy atom. The van der Waals surface area contributed by atoms with Gasteiger partial charge in [0.15, 0.2) is 5.78 Å². The van der Waals surface area contributed by atoms with E-state index < -0.39 is 6.10 Å². The number of ketones is 1. The van der Waals surface area contributed by atoms with Crippen LogP contribution in [0.3, 0.4) is 0 Å². The SMILES string of the molecule is COCC(O)COc1cccc(C(C)=O)c1. The topological polar surface area (TPSA) is 55.8 Å². The van der Waals surface area contributed by atoms with E-state index in [9.17, 15) is 9.90 Å². The molecular formula is C12H16O4. The first-order chi connectivity index (χ1) is 7.63. The molecule has 0 bridgehead atoms. The van der Waals surface area contributed by atoms with Crippen molar-refractivity contribution in [2.45, 2.75) is 13.0 Å². The van der Waals surface area contributed by atoms with Crippen LogP contribution in [-0.2, 0) is 4.74 Å². The second-order valence-corrected chi connectivity index (χ2v) is 3.50. The molecule has 0 fully saturated rings. The van der Waals surface area contributed by atoms with Gasteiger partial charge in [0.25, 0.3) is 0 Å². The number of benzene rings is 1. The first-order valence-corrected chi connectivity index (χ1v) is 5.04. The number of methoxy groups -OCH3 is 1.